The Morgan fingerprint density at radius 3 is 2.50 bits per heavy atom. The molecular weight excluding hydrogens is 256 g/mol. The van der Waals surface area contributed by atoms with E-state index in [-0.39, 0.29) is 29.4 Å². The molecule has 0 aromatic carbocycles. The van der Waals surface area contributed by atoms with Crippen molar-refractivity contribution in [1.82, 2.24) is 0 Å². The van der Waals surface area contributed by atoms with Gasteiger partial charge in [0, 0.05) is 26.0 Å². The van der Waals surface area contributed by atoms with Crippen LogP contribution in [0.2, 0.25) is 0 Å². The number of ketones is 1. The lowest BCUT2D eigenvalue weighted by Crippen LogP contribution is -2.35. The average molecular weight is 282 g/mol. The van der Waals surface area contributed by atoms with E-state index in [1.807, 2.05) is 13.8 Å². The lowest BCUT2D eigenvalue weighted by molar-refractivity contribution is -0.145. The summed E-state index contributed by atoms with van der Waals surface area (Å²) in [6, 6.07) is 0. The van der Waals surface area contributed by atoms with Gasteiger partial charge in [-0.3, -0.25) is 9.59 Å². The van der Waals surface area contributed by atoms with E-state index in [1.165, 1.54) is 6.92 Å². The fourth-order valence-electron chi connectivity index (χ4n) is 2.92. The van der Waals surface area contributed by atoms with Crippen molar-refractivity contribution >= 4 is 11.8 Å². The van der Waals surface area contributed by atoms with Gasteiger partial charge in [0.05, 0.1) is 6.10 Å². The molecule has 0 fully saturated rings. The summed E-state index contributed by atoms with van der Waals surface area (Å²) >= 11 is 0. The van der Waals surface area contributed by atoms with Gasteiger partial charge in [-0.05, 0) is 37.7 Å². The minimum atomic E-state index is -0.300. The van der Waals surface area contributed by atoms with Crippen molar-refractivity contribution in [2.24, 2.45) is 5.41 Å². The number of carbonyl (C=O) groups excluding carboxylic acids is 2. The fraction of sp³-hybridized carbons (Fsp3) is 0.750. The van der Waals surface area contributed by atoms with Crippen molar-refractivity contribution < 1.29 is 19.1 Å². The van der Waals surface area contributed by atoms with E-state index in [2.05, 4.69) is 13.8 Å². The topological polar surface area (TPSA) is 52.6 Å². The summed E-state index contributed by atoms with van der Waals surface area (Å²) in [7, 11) is 1.60. The minimum Gasteiger partial charge on any atom is -0.458 e. The van der Waals surface area contributed by atoms with Crippen LogP contribution in [0.25, 0.3) is 0 Å². The molecule has 1 rings (SSSR count). The molecule has 0 bridgehead atoms. The molecule has 0 aromatic rings. The molecule has 2 atom stereocenters. The average Bonchev–Trinajstić information content (AvgIpc) is 2.32. The first-order chi connectivity index (χ1) is 9.19. The van der Waals surface area contributed by atoms with Crippen molar-refractivity contribution in [2.75, 3.05) is 7.11 Å². The van der Waals surface area contributed by atoms with Gasteiger partial charge >= 0.3 is 5.97 Å². The van der Waals surface area contributed by atoms with Crippen LogP contribution >= 0.6 is 0 Å². The van der Waals surface area contributed by atoms with E-state index in [0.717, 1.165) is 24.0 Å². The lowest BCUT2D eigenvalue weighted by atomic mass is 9.69. The highest BCUT2D eigenvalue weighted by atomic mass is 16.5. The van der Waals surface area contributed by atoms with Gasteiger partial charge in [-0.2, -0.15) is 0 Å². The molecule has 0 amide bonds. The second-order valence-corrected chi connectivity index (χ2v) is 6.25. The number of ether oxygens (including phenoxy) is 2. The third-order valence-corrected chi connectivity index (χ3v) is 4.05. The molecule has 0 aromatic heterocycles. The molecule has 114 valence electrons. The minimum absolute atomic E-state index is 0.0960. The highest BCUT2D eigenvalue weighted by Gasteiger charge is 2.38. The number of allylic oxidation sites excluding steroid dienone is 1. The van der Waals surface area contributed by atoms with E-state index in [1.54, 1.807) is 7.11 Å². The maximum absolute atomic E-state index is 12.5. The van der Waals surface area contributed by atoms with Crippen molar-refractivity contribution in [3.8, 4) is 0 Å². The molecule has 4 nitrogen and oxygen atoms in total. The maximum atomic E-state index is 12.5. The number of esters is 1. The summed E-state index contributed by atoms with van der Waals surface area (Å²) in [5, 5.41) is 0. The molecule has 20 heavy (non-hydrogen) atoms. The van der Waals surface area contributed by atoms with Crippen LogP contribution in [0.15, 0.2) is 11.1 Å². The van der Waals surface area contributed by atoms with Gasteiger partial charge in [0.1, 0.15) is 6.10 Å². The van der Waals surface area contributed by atoms with Gasteiger partial charge in [-0.1, -0.05) is 13.8 Å². The Kier molecular flexibility index (Phi) is 5.51. The van der Waals surface area contributed by atoms with Gasteiger partial charge in [0.2, 0.25) is 0 Å². The van der Waals surface area contributed by atoms with Crippen LogP contribution in [0.5, 0.6) is 0 Å². The SMILES string of the molecule is COC(C)CC(=O)C1=C(C)C(OC(C)=O)CCC1(C)C. The molecule has 0 radical (unpaired) electrons. The summed E-state index contributed by atoms with van der Waals surface area (Å²) in [6.07, 6.45) is 1.60. The lowest BCUT2D eigenvalue weighted by Gasteiger charge is -2.37. The number of hydrogen-bond donors (Lipinski definition) is 0. The summed E-state index contributed by atoms with van der Waals surface area (Å²) in [5.41, 5.74) is 1.52. The third-order valence-electron chi connectivity index (χ3n) is 4.05. The quantitative estimate of drug-likeness (QED) is 0.727. The predicted molar refractivity (Wildman–Crippen MR) is 77.4 cm³/mol. The highest BCUT2D eigenvalue weighted by Crippen LogP contribution is 2.42. The smallest absolute Gasteiger partial charge is 0.303 e. The van der Waals surface area contributed by atoms with E-state index < -0.39 is 0 Å². The largest absolute Gasteiger partial charge is 0.458 e. The Morgan fingerprint density at radius 1 is 1.40 bits per heavy atom. The number of rotatable bonds is 5. The van der Waals surface area contributed by atoms with E-state index in [4.69, 9.17) is 9.47 Å². The molecule has 0 aliphatic heterocycles. The number of Topliss-reactive ketones (excluding diaryl/α,β-unsaturated/α-hetero) is 1. The first-order valence-electron chi connectivity index (χ1n) is 7.13. The number of hydrogen-bond acceptors (Lipinski definition) is 4. The van der Waals surface area contributed by atoms with Crippen molar-refractivity contribution in [3.05, 3.63) is 11.1 Å². The maximum Gasteiger partial charge on any atom is 0.303 e. The Balaban J connectivity index is 3.06. The normalized spacial score (nSPS) is 23.4. The van der Waals surface area contributed by atoms with E-state index in [0.29, 0.717) is 6.42 Å². The van der Waals surface area contributed by atoms with Crippen LogP contribution in [0.3, 0.4) is 0 Å². The van der Waals surface area contributed by atoms with Gasteiger partial charge in [0.25, 0.3) is 0 Å². The van der Waals surface area contributed by atoms with Gasteiger partial charge in [-0.15, -0.1) is 0 Å². The zero-order valence-electron chi connectivity index (χ0n) is 13.4. The standard InChI is InChI=1S/C16H26O4/c1-10(19-6)9-13(18)15-11(2)14(20-12(3)17)7-8-16(15,4)5/h10,14H,7-9H2,1-6H3. The van der Waals surface area contributed by atoms with Crippen LogP contribution in [0.4, 0.5) is 0 Å². The van der Waals surface area contributed by atoms with Crippen LogP contribution in [-0.4, -0.2) is 31.1 Å². The highest BCUT2D eigenvalue weighted by molar-refractivity contribution is 5.98. The summed E-state index contributed by atoms with van der Waals surface area (Å²) in [5.74, 6) is -0.204. The molecule has 2 unspecified atom stereocenters. The summed E-state index contributed by atoms with van der Waals surface area (Å²) < 4.78 is 10.5. The van der Waals surface area contributed by atoms with E-state index >= 15 is 0 Å². The summed E-state index contributed by atoms with van der Waals surface area (Å²) in [6.45, 7) is 9.34. The number of carbonyl (C=O) groups is 2. The summed E-state index contributed by atoms with van der Waals surface area (Å²) in [4.78, 5) is 23.7. The van der Waals surface area contributed by atoms with E-state index in [9.17, 15) is 9.59 Å². The molecular formula is C16H26O4. The van der Waals surface area contributed by atoms with Gasteiger partial charge < -0.3 is 9.47 Å². The van der Waals surface area contributed by atoms with Crippen LogP contribution < -0.4 is 0 Å². The second kappa shape index (κ2) is 6.53. The fourth-order valence-corrected chi connectivity index (χ4v) is 2.92. The zero-order chi connectivity index (χ0) is 15.5. The molecule has 0 N–H and O–H groups in total. The first-order valence-corrected chi connectivity index (χ1v) is 7.13. The zero-order valence-corrected chi connectivity index (χ0v) is 13.4. The molecule has 1 aliphatic carbocycles. The molecule has 0 heterocycles. The number of methoxy groups -OCH3 is 1. The van der Waals surface area contributed by atoms with Crippen LogP contribution in [0, 0.1) is 5.41 Å². The monoisotopic (exact) mass is 282 g/mol. The first kappa shape index (κ1) is 16.9. The molecule has 1 aliphatic rings. The Hall–Kier alpha value is -1.16. The van der Waals surface area contributed by atoms with Crippen LogP contribution in [0.1, 0.15) is 53.9 Å². The molecule has 0 saturated carbocycles. The van der Waals surface area contributed by atoms with Gasteiger partial charge in [-0.25, -0.2) is 0 Å². The van der Waals surface area contributed by atoms with Crippen molar-refractivity contribution in [2.45, 2.75) is 66.1 Å². The Labute approximate surface area is 121 Å². The van der Waals surface area contributed by atoms with Crippen molar-refractivity contribution in [3.63, 3.8) is 0 Å². The van der Waals surface area contributed by atoms with Crippen molar-refractivity contribution in [1.29, 1.82) is 0 Å². The predicted octanol–water partition coefficient (Wildman–Crippen LogP) is 3.05. The Morgan fingerprint density at radius 2 is 2.00 bits per heavy atom. The molecule has 4 heteroatoms. The molecule has 0 saturated heterocycles. The van der Waals surface area contributed by atoms with Gasteiger partial charge in [0.15, 0.2) is 5.78 Å². The second-order valence-electron chi connectivity index (χ2n) is 6.25. The third kappa shape index (κ3) is 3.92. The van der Waals surface area contributed by atoms with Crippen LogP contribution in [-0.2, 0) is 19.1 Å². The molecule has 0 spiro atoms. The Bertz CT molecular complexity index is 420.